The zero-order valence-electron chi connectivity index (χ0n) is 21.4. The molecule has 0 N–H and O–H groups in total. The minimum Gasteiger partial charge on any atom is -0.485 e. The Morgan fingerprint density at radius 3 is 2.46 bits per heavy atom. The van der Waals surface area contributed by atoms with E-state index in [0.29, 0.717) is 34.8 Å². The topological polar surface area (TPSA) is 101 Å². The first-order valence-electron chi connectivity index (χ1n) is 11.8. The molecule has 0 aliphatic heterocycles. The van der Waals surface area contributed by atoms with E-state index in [4.69, 9.17) is 16.3 Å². The second-order valence-corrected chi connectivity index (χ2v) is 9.29. The van der Waals surface area contributed by atoms with Gasteiger partial charge in [0.15, 0.2) is 5.82 Å². The Kier molecular flexibility index (Phi) is 6.92. The first kappa shape index (κ1) is 26.1. The zero-order valence-corrected chi connectivity index (χ0v) is 22.2. The molecular formula is C27H22ClF2N7O2. The summed E-state index contributed by atoms with van der Waals surface area (Å²) < 4.78 is 35.8. The number of hydrogen-bond donors (Lipinski definition) is 0. The molecular weight excluding hydrogens is 528 g/mol. The van der Waals surface area contributed by atoms with Gasteiger partial charge < -0.3 is 4.74 Å². The third-order valence-corrected chi connectivity index (χ3v) is 6.32. The van der Waals surface area contributed by atoms with Crippen LogP contribution in [0.2, 0.25) is 5.02 Å². The highest BCUT2D eigenvalue weighted by Crippen LogP contribution is 2.27. The van der Waals surface area contributed by atoms with E-state index < -0.39 is 17.2 Å². The molecule has 0 saturated carbocycles. The van der Waals surface area contributed by atoms with Crippen LogP contribution in [0.4, 0.5) is 8.78 Å². The Balaban J connectivity index is 1.50. The van der Waals surface area contributed by atoms with Gasteiger partial charge in [-0.05, 0) is 51.5 Å². The summed E-state index contributed by atoms with van der Waals surface area (Å²) in [6.45, 7) is 7.00. The molecule has 0 unspecified atom stereocenters. The van der Waals surface area contributed by atoms with Gasteiger partial charge in [-0.2, -0.15) is 5.10 Å². The Morgan fingerprint density at radius 2 is 1.74 bits per heavy atom. The van der Waals surface area contributed by atoms with E-state index >= 15 is 0 Å². The van der Waals surface area contributed by atoms with Crippen molar-refractivity contribution in [2.75, 3.05) is 0 Å². The molecule has 0 fully saturated rings. The number of rotatable bonds is 6. The van der Waals surface area contributed by atoms with Crippen molar-refractivity contribution in [2.24, 2.45) is 0 Å². The number of pyridine rings is 3. The Hall–Kier alpha value is -4.51. The fourth-order valence-electron chi connectivity index (χ4n) is 4.10. The SMILES string of the molecule is Cc1cc(C)n(-c2nccc(-c3cc(-n4c(C)cc(OCc5ncc(F)cc5F)c(Cl)c4=O)c(C)cn3)n2)n1. The lowest BCUT2D eigenvalue weighted by Gasteiger charge is -2.16. The van der Waals surface area contributed by atoms with Crippen LogP contribution in [0, 0.1) is 39.3 Å². The molecule has 5 aromatic rings. The number of nitrogens with zero attached hydrogens (tertiary/aromatic N) is 7. The number of ether oxygens (including phenoxy) is 1. The van der Waals surface area contributed by atoms with Crippen LogP contribution in [0.5, 0.6) is 5.75 Å². The molecule has 0 aliphatic carbocycles. The lowest BCUT2D eigenvalue weighted by atomic mass is 10.1. The van der Waals surface area contributed by atoms with Crippen LogP contribution in [0.1, 0.15) is 28.3 Å². The van der Waals surface area contributed by atoms with Gasteiger partial charge in [0.05, 0.1) is 29.0 Å². The average molecular weight is 550 g/mol. The van der Waals surface area contributed by atoms with Crippen LogP contribution < -0.4 is 10.3 Å². The van der Waals surface area contributed by atoms with E-state index in [1.54, 1.807) is 42.2 Å². The normalized spacial score (nSPS) is 11.2. The molecule has 0 amide bonds. The predicted octanol–water partition coefficient (Wildman–Crippen LogP) is 5.01. The van der Waals surface area contributed by atoms with Crippen molar-refractivity contribution in [2.45, 2.75) is 34.3 Å². The van der Waals surface area contributed by atoms with Crippen LogP contribution in [0.25, 0.3) is 23.0 Å². The molecule has 0 aromatic carbocycles. The predicted molar refractivity (Wildman–Crippen MR) is 140 cm³/mol. The summed E-state index contributed by atoms with van der Waals surface area (Å²) >= 11 is 6.39. The highest BCUT2D eigenvalue weighted by molar-refractivity contribution is 6.31. The van der Waals surface area contributed by atoms with Crippen molar-refractivity contribution in [3.8, 4) is 28.8 Å². The highest BCUT2D eigenvalue weighted by atomic mass is 35.5. The standard InChI is InChI=1S/C27H22ClF2N7O2/c1-14-11-32-21(20-5-6-31-27(34-20)37-17(4)7-15(2)35-37)10-23(14)36-16(3)8-24(25(28)26(36)38)39-13-22-19(30)9-18(29)12-33-22/h5-12H,13H2,1-4H3. The van der Waals surface area contributed by atoms with Crippen molar-refractivity contribution in [1.82, 2.24) is 34.3 Å². The maximum atomic E-state index is 14.0. The average Bonchev–Trinajstić information content (AvgIpc) is 3.25. The van der Waals surface area contributed by atoms with Gasteiger partial charge in [-0.1, -0.05) is 11.6 Å². The van der Waals surface area contributed by atoms with Crippen LogP contribution in [-0.2, 0) is 6.61 Å². The Bertz CT molecular complexity index is 1790. The van der Waals surface area contributed by atoms with Gasteiger partial charge in [0.1, 0.15) is 28.9 Å². The summed E-state index contributed by atoms with van der Waals surface area (Å²) in [5, 5.41) is 4.24. The first-order chi connectivity index (χ1) is 18.6. The number of aromatic nitrogens is 7. The number of aryl methyl sites for hydroxylation is 4. The van der Waals surface area contributed by atoms with E-state index in [2.05, 4.69) is 25.0 Å². The molecule has 5 heterocycles. The molecule has 0 saturated heterocycles. The minimum absolute atomic E-state index is 0.0539. The highest BCUT2D eigenvalue weighted by Gasteiger charge is 2.18. The summed E-state index contributed by atoms with van der Waals surface area (Å²) in [6.07, 6.45) is 4.14. The monoisotopic (exact) mass is 549 g/mol. The van der Waals surface area contributed by atoms with Gasteiger partial charge in [0.25, 0.3) is 11.5 Å². The first-order valence-corrected chi connectivity index (χ1v) is 12.2. The smallest absolute Gasteiger partial charge is 0.277 e. The third kappa shape index (κ3) is 5.13. The molecule has 9 nitrogen and oxygen atoms in total. The number of halogens is 3. The molecule has 0 radical (unpaired) electrons. The summed E-state index contributed by atoms with van der Waals surface area (Å²) in [5.41, 5.74) is 3.92. The van der Waals surface area contributed by atoms with E-state index in [0.717, 1.165) is 23.1 Å². The van der Waals surface area contributed by atoms with E-state index in [1.807, 2.05) is 26.8 Å². The fraction of sp³-hybridized carbons (Fsp3) is 0.185. The quantitative estimate of drug-likeness (QED) is 0.293. The summed E-state index contributed by atoms with van der Waals surface area (Å²) in [4.78, 5) is 30.5. The summed E-state index contributed by atoms with van der Waals surface area (Å²) in [5.74, 6) is -1.21. The van der Waals surface area contributed by atoms with E-state index in [-0.39, 0.29) is 23.1 Å². The lowest BCUT2D eigenvalue weighted by molar-refractivity contribution is 0.292. The van der Waals surface area contributed by atoms with Gasteiger partial charge in [0, 0.05) is 35.9 Å². The fourth-order valence-corrected chi connectivity index (χ4v) is 4.29. The zero-order chi connectivity index (χ0) is 27.8. The minimum atomic E-state index is -0.859. The van der Waals surface area contributed by atoms with Crippen molar-refractivity contribution in [1.29, 1.82) is 0 Å². The molecule has 5 aromatic heterocycles. The van der Waals surface area contributed by atoms with Crippen LogP contribution in [-0.4, -0.2) is 34.3 Å². The summed E-state index contributed by atoms with van der Waals surface area (Å²) in [6, 6.07) is 7.66. The Labute approximate surface area is 226 Å². The van der Waals surface area contributed by atoms with Gasteiger partial charge >= 0.3 is 0 Å². The van der Waals surface area contributed by atoms with Crippen molar-refractivity contribution < 1.29 is 13.5 Å². The van der Waals surface area contributed by atoms with Crippen molar-refractivity contribution in [3.63, 3.8) is 0 Å². The molecule has 0 atom stereocenters. The second kappa shape index (κ2) is 10.3. The Morgan fingerprint density at radius 1 is 0.949 bits per heavy atom. The maximum Gasteiger partial charge on any atom is 0.277 e. The lowest BCUT2D eigenvalue weighted by Crippen LogP contribution is -2.23. The third-order valence-electron chi connectivity index (χ3n) is 5.97. The van der Waals surface area contributed by atoms with Crippen LogP contribution >= 0.6 is 11.6 Å². The van der Waals surface area contributed by atoms with Gasteiger partial charge in [-0.25, -0.2) is 23.4 Å². The van der Waals surface area contributed by atoms with E-state index in [9.17, 15) is 13.6 Å². The second-order valence-electron chi connectivity index (χ2n) is 8.91. The molecule has 0 aliphatic rings. The van der Waals surface area contributed by atoms with Crippen molar-refractivity contribution in [3.05, 3.63) is 104 Å². The molecule has 5 rings (SSSR count). The van der Waals surface area contributed by atoms with Crippen LogP contribution in [0.3, 0.4) is 0 Å². The van der Waals surface area contributed by atoms with Gasteiger partial charge in [-0.3, -0.25) is 19.3 Å². The molecule has 12 heteroatoms. The number of hydrogen-bond acceptors (Lipinski definition) is 7. The largest absolute Gasteiger partial charge is 0.485 e. The van der Waals surface area contributed by atoms with Crippen LogP contribution in [0.15, 0.2) is 53.7 Å². The molecule has 0 spiro atoms. The van der Waals surface area contributed by atoms with Crippen molar-refractivity contribution >= 4 is 11.6 Å². The van der Waals surface area contributed by atoms with Gasteiger partial charge in [-0.15, -0.1) is 0 Å². The molecule has 198 valence electrons. The molecule has 39 heavy (non-hydrogen) atoms. The summed E-state index contributed by atoms with van der Waals surface area (Å²) in [7, 11) is 0. The molecule has 0 bridgehead atoms. The van der Waals surface area contributed by atoms with E-state index in [1.165, 1.54) is 4.57 Å². The van der Waals surface area contributed by atoms with Gasteiger partial charge in [0.2, 0.25) is 0 Å². The maximum absolute atomic E-state index is 14.0.